The number of rotatable bonds is 6. The first-order chi connectivity index (χ1) is 11.1. The molecular weight excluding hydrogens is 294 g/mol. The summed E-state index contributed by atoms with van der Waals surface area (Å²) in [6.45, 7) is 3.66. The molecule has 1 aromatic rings. The van der Waals surface area contributed by atoms with Crippen LogP contribution in [0.15, 0.2) is 24.5 Å². The topological polar surface area (TPSA) is 62.7 Å². The van der Waals surface area contributed by atoms with Crippen LogP contribution in [0.2, 0.25) is 0 Å². The van der Waals surface area contributed by atoms with Crippen molar-refractivity contribution in [2.24, 2.45) is 0 Å². The number of hydrogen-bond donors (Lipinski definition) is 0. The predicted molar refractivity (Wildman–Crippen MR) is 86.6 cm³/mol. The highest BCUT2D eigenvalue weighted by atomic mass is 16.5. The first kappa shape index (κ1) is 17.4. The first-order valence-corrected chi connectivity index (χ1v) is 8.07. The third-order valence-electron chi connectivity index (χ3n) is 4.17. The van der Waals surface area contributed by atoms with E-state index in [-0.39, 0.29) is 17.9 Å². The van der Waals surface area contributed by atoms with E-state index in [4.69, 9.17) is 4.74 Å². The molecule has 1 aromatic heterocycles. The Morgan fingerprint density at radius 1 is 1.43 bits per heavy atom. The molecule has 1 fully saturated rings. The summed E-state index contributed by atoms with van der Waals surface area (Å²) in [5.41, 5.74) is 0.974. The molecule has 1 atom stereocenters. The maximum Gasteiger partial charge on any atom is 0.245 e. The summed E-state index contributed by atoms with van der Waals surface area (Å²) in [6, 6.07) is 3.45. The van der Waals surface area contributed by atoms with Crippen molar-refractivity contribution in [3.63, 3.8) is 0 Å². The van der Waals surface area contributed by atoms with Crippen molar-refractivity contribution >= 4 is 11.8 Å². The van der Waals surface area contributed by atoms with Crippen LogP contribution in [0, 0.1) is 0 Å². The number of aromatic nitrogens is 1. The molecule has 0 radical (unpaired) electrons. The number of ether oxygens (including phenoxy) is 1. The van der Waals surface area contributed by atoms with Crippen LogP contribution in [-0.4, -0.2) is 59.4 Å². The molecule has 6 nitrogen and oxygen atoms in total. The Hall–Kier alpha value is -1.95. The SMILES string of the molecule is COCCN(Cc1cccnc1)C(=O)[C@H]1CCCCN1C(C)=O. The number of methoxy groups -OCH3 is 1. The van der Waals surface area contributed by atoms with Gasteiger partial charge < -0.3 is 14.5 Å². The van der Waals surface area contributed by atoms with Crippen molar-refractivity contribution in [3.8, 4) is 0 Å². The van der Waals surface area contributed by atoms with Crippen LogP contribution in [0.4, 0.5) is 0 Å². The highest BCUT2D eigenvalue weighted by Gasteiger charge is 2.33. The minimum Gasteiger partial charge on any atom is -0.383 e. The van der Waals surface area contributed by atoms with E-state index in [1.54, 1.807) is 29.3 Å². The molecule has 2 heterocycles. The van der Waals surface area contributed by atoms with E-state index in [9.17, 15) is 9.59 Å². The molecule has 6 heteroatoms. The highest BCUT2D eigenvalue weighted by Crippen LogP contribution is 2.20. The van der Waals surface area contributed by atoms with Gasteiger partial charge in [0.15, 0.2) is 0 Å². The second-order valence-corrected chi connectivity index (χ2v) is 5.84. The molecule has 0 aromatic carbocycles. The van der Waals surface area contributed by atoms with E-state index >= 15 is 0 Å². The van der Waals surface area contributed by atoms with Crippen molar-refractivity contribution in [2.75, 3.05) is 26.8 Å². The maximum atomic E-state index is 13.0. The third-order valence-corrected chi connectivity index (χ3v) is 4.17. The van der Waals surface area contributed by atoms with Gasteiger partial charge >= 0.3 is 0 Å². The third kappa shape index (κ3) is 4.76. The van der Waals surface area contributed by atoms with E-state index in [1.165, 1.54) is 6.92 Å². The van der Waals surface area contributed by atoms with Gasteiger partial charge in [-0.2, -0.15) is 0 Å². The molecule has 0 unspecified atom stereocenters. The van der Waals surface area contributed by atoms with E-state index in [0.29, 0.717) is 26.2 Å². The Bertz CT molecular complexity index is 521. The minimum absolute atomic E-state index is 0.000744. The fraction of sp³-hybridized carbons (Fsp3) is 0.588. The predicted octanol–water partition coefficient (Wildman–Crippen LogP) is 1.46. The van der Waals surface area contributed by atoms with Crippen molar-refractivity contribution in [1.29, 1.82) is 0 Å². The molecular formula is C17H25N3O3. The van der Waals surface area contributed by atoms with Crippen LogP contribution in [0.5, 0.6) is 0 Å². The summed E-state index contributed by atoms with van der Waals surface area (Å²) >= 11 is 0. The van der Waals surface area contributed by atoms with Gasteiger partial charge in [0.1, 0.15) is 6.04 Å². The van der Waals surface area contributed by atoms with Gasteiger partial charge in [-0.05, 0) is 30.9 Å². The molecule has 2 amide bonds. The fourth-order valence-electron chi connectivity index (χ4n) is 2.96. The normalized spacial score (nSPS) is 17.8. The summed E-state index contributed by atoms with van der Waals surface area (Å²) in [4.78, 5) is 32.4. The molecule has 1 aliphatic heterocycles. The Balaban J connectivity index is 2.12. The number of piperidine rings is 1. The van der Waals surface area contributed by atoms with Crippen LogP contribution in [-0.2, 0) is 20.9 Å². The highest BCUT2D eigenvalue weighted by molar-refractivity contribution is 5.87. The Morgan fingerprint density at radius 2 is 2.26 bits per heavy atom. The van der Waals surface area contributed by atoms with Gasteiger partial charge in [-0.1, -0.05) is 6.07 Å². The smallest absolute Gasteiger partial charge is 0.245 e. The van der Waals surface area contributed by atoms with Crippen molar-refractivity contribution in [1.82, 2.24) is 14.8 Å². The van der Waals surface area contributed by atoms with Gasteiger partial charge in [-0.3, -0.25) is 14.6 Å². The first-order valence-electron chi connectivity index (χ1n) is 8.07. The number of carbonyl (C=O) groups excluding carboxylic acids is 2. The zero-order valence-electron chi connectivity index (χ0n) is 13.9. The molecule has 0 aliphatic carbocycles. The van der Waals surface area contributed by atoms with E-state index in [0.717, 1.165) is 24.8 Å². The van der Waals surface area contributed by atoms with Gasteiger partial charge in [0.05, 0.1) is 6.61 Å². The van der Waals surface area contributed by atoms with E-state index in [1.807, 2.05) is 12.1 Å². The molecule has 0 spiro atoms. The van der Waals surface area contributed by atoms with E-state index in [2.05, 4.69) is 4.98 Å². The van der Waals surface area contributed by atoms with Gasteiger partial charge in [0, 0.05) is 46.1 Å². The molecule has 2 rings (SSSR count). The Labute approximate surface area is 137 Å². The van der Waals surface area contributed by atoms with Gasteiger partial charge in [0.2, 0.25) is 11.8 Å². The number of amides is 2. The van der Waals surface area contributed by atoms with Gasteiger partial charge in [-0.25, -0.2) is 0 Å². The molecule has 0 saturated carbocycles. The number of nitrogens with zero attached hydrogens (tertiary/aromatic N) is 3. The number of likely N-dealkylation sites (tertiary alicyclic amines) is 1. The average molecular weight is 319 g/mol. The molecule has 23 heavy (non-hydrogen) atoms. The minimum atomic E-state index is -0.352. The average Bonchev–Trinajstić information content (AvgIpc) is 2.58. The van der Waals surface area contributed by atoms with Crippen LogP contribution < -0.4 is 0 Å². The zero-order chi connectivity index (χ0) is 16.7. The lowest BCUT2D eigenvalue weighted by Crippen LogP contribution is -2.52. The second kappa shape index (κ2) is 8.62. The van der Waals surface area contributed by atoms with Gasteiger partial charge in [0.25, 0.3) is 0 Å². The van der Waals surface area contributed by atoms with Crippen molar-refractivity contribution in [2.45, 2.75) is 38.8 Å². The van der Waals surface area contributed by atoms with Crippen LogP contribution in [0.1, 0.15) is 31.7 Å². The largest absolute Gasteiger partial charge is 0.383 e. The Morgan fingerprint density at radius 3 is 2.91 bits per heavy atom. The quantitative estimate of drug-likeness (QED) is 0.796. The lowest BCUT2D eigenvalue weighted by atomic mass is 10.0. The molecule has 0 bridgehead atoms. The number of carbonyl (C=O) groups is 2. The second-order valence-electron chi connectivity index (χ2n) is 5.84. The Kier molecular flexibility index (Phi) is 6.52. The van der Waals surface area contributed by atoms with Gasteiger partial charge in [-0.15, -0.1) is 0 Å². The summed E-state index contributed by atoms with van der Waals surface area (Å²) < 4.78 is 5.13. The number of hydrogen-bond acceptors (Lipinski definition) is 4. The summed E-state index contributed by atoms with van der Waals surface area (Å²) in [7, 11) is 1.62. The lowest BCUT2D eigenvalue weighted by molar-refractivity contribution is -0.147. The monoisotopic (exact) mass is 319 g/mol. The van der Waals surface area contributed by atoms with Crippen molar-refractivity contribution in [3.05, 3.63) is 30.1 Å². The molecule has 0 N–H and O–H groups in total. The summed E-state index contributed by atoms with van der Waals surface area (Å²) in [5, 5.41) is 0. The fourth-order valence-corrected chi connectivity index (χ4v) is 2.96. The standard InChI is InChI=1S/C17H25N3O3/c1-14(21)20-9-4-3-7-16(20)17(22)19(10-11-23-2)13-15-6-5-8-18-12-15/h5-6,8,12,16H,3-4,7,9-11,13H2,1-2H3/t16-/m1/s1. The maximum absolute atomic E-state index is 13.0. The van der Waals surface area contributed by atoms with Crippen LogP contribution in [0.25, 0.3) is 0 Å². The van der Waals surface area contributed by atoms with Crippen LogP contribution in [0.3, 0.4) is 0 Å². The summed E-state index contributed by atoms with van der Waals surface area (Å²) in [6.07, 6.45) is 6.14. The lowest BCUT2D eigenvalue weighted by Gasteiger charge is -2.37. The zero-order valence-corrected chi connectivity index (χ0v) is 13.9. The van der Waals surface area contributed by atoms with Crippen LogP contribution >= 0.6 is 0 Å². The molecule has 126 valence electrons. The summed E-state index contributed by atoms with van der Waals surface area (Å²) in [5.74, 6) is -0.0306. The number of pyridine rings is 1. The van der Waals surface area contributed by atoms with E-state index < -0.39 is 0 Å². The molecule has 1 saturated heterocycles. The van der Waals surface area contributed by atoms with Crippen molar-refractivity contribution < 1.29 is 14.3 Å². The molecule has 1 aliphatic rings.